The second-order valence-electron chi connectivity index (χ2n) is 4.43. The summed E-state index contributed by atoms with van der Waals surface area (Å²) in [5.41, 5.74) is 0.782. The molecule has 96 valence electrons. The molecular formula is C13H17N3OS. The van der Waals surface area contributed by atoms with Crippen molar-refractivity contribution >= 4 is 17.2 Å². The number of hydrogen-bond acceptors (Lipinski definition) is 3. The Morgan fingerprint density at radius 1 is 1.56 bits per heavy atom. The Morgan fingerprint density at radius 2 is 2.33 bits per heavy atom. The zero-order valence-corrected chi connectivity index (χ0v) is 11.6. The van der Waals surface area contributed by atoms with Crippen LogP contribution < -0.4 is 5.32 Å². The molecule has 0 saturated carbocycles. The summed E-state index contributed by atoms with van der Waals surface area (Å²) in [7, 11) is 0. The average Bonchev–Trinajstić information content (AvgIpc) is 2.88. The van der Waals surface area contributed by atoms with E-state index in [4.69, 9.17) is 0 Å². The van der Waals surface area contributed by atoms with Gasteiger partial charge in [-0.15, -0.1) is 11.3 Å². The highest BCUT2D eigenvalue weighted by atomic mass is 32.1. The third-order valence-corrected chi connectivity index (χ3v) is 3.65. The lowest BCUT2D eigenvalue weighted by atomic mass is 10.2. The number of amides is 1. The third kappa shape index (κ3) is 2.98. The molecule has 1 amide bonds. The molecule has 2 heterocycles. The normalized spacial score (nSPS) is 12.4. The van der Waals surface area contributed by atoms with Crippen molar-refractivity contribution in [2.24, 2.45) is 0 Å². The molecular weight excluding hydrogens is 246 g/mol. The smallest absolute Gasteiger partial charge is 0.252 e. The molecule has 18 heavy (non-hydrogen) atoms. The molecule has 0 radical (unpaired) electrons. The van der Waals surface area contributed by atoms with E-state index in [9.17, 15) is 4.79 Å². The van der Waals surface area contributed by atoms with Gasteiger partial charge in [-0.3, -0.25) is 9.48 Å². The predicted molar refractivity (Wildman–Crippen MR) is 72.9 cm³/mol. The van der Waals surface area contributed by atoms with E-state index in [-0.39, 0.29) is 11.9 Å². The van der Waals surface area contributed by atoms with E-state index >= 15 is 0 Å². The zero-order valence-electron chi connectivity index (χ0n) is 10.8. The van der Waals surface area contributed by atoms with E-state index in [1.165, 1.54) is 0 Å². The summed E-state index contributed by atoms with van der Waals surface area (Å²) in [6.07, 6.45) is 3.63. The molecule has 0 aliphatic heterocycles. The predicted octanol–water partition coefficient (Wildman–Crippen LogP) is 2.38. The number of aryl methyl sites for hydroxylation is 2. The summed E-state index contributed by atoms with van der Waals surface area (Å²) < 4.78 is 1.82. The van der Waals surface area contributed by atoms with Gasteiger partial charge in [0.25, 0.3) is 5.91 Å². The van der Waals surface area contributed by atoms with Gasteiger partial charge in [-0.2, -0.15) is 5.10 Å². The van der Waals surface area contributed by atoms with Crippen molar-refractivity contribution < 1.29 is 4.79 Å². The molecule has 0 aliphatic carbocycles. The molecule has 0 bridgehead atoms. The molecule has 5 heteroatoms. The monoisotopic (exact) mass is 263 g/mol. The number of carbonyl (C=O) groups excluding carboxylic acids is 1. The van der Waals surface area contributed by atoms with Crippen molar-refractivity contribution in [1.82, 2.24) is 15.1 Å². The Bertz CT molecular complexity index is 530. The molecule has 0 saturated heterocycles. The van der Waals surface area contributed by atoms with Crippen LogP contribution in [0.4, 0.5) is 0 Å². The molecule has 1 atom stereocenters. The van der Waals surface area contributed by atoms with Crippen LogP contribution in [0.3, 0.4) is 0 Å². The van der Waals surface area contributed by atoms with E-state index in [0.29, 0.717) is 6.54 Å². The molecule has 0 aliphatic rings. The van der Waals surface area contributed by atoms with Crippen molar-refractivity contribution in [3.05, 3.63) is 39.8 Å². The summed E-state index contributed by atoms with van der Waals surface area (Å²) in [6, 6.07) is 3.87. The first-order valence-corrected chi connectivity index (χ1v) is 6.73. The molecule has 0 spiro atoms. The minimum atomic E-state index is -0.00324. The Kier molecular flexibility index (Phi) is 3.81. The number of nitrogens with one attached hydrogen (secondary N) is 1. The van der Waals surface area contributed by atoms with Crippen LogP contribution >= 0.6 is 11.3 Å². The topological polar surface area (TPSA) is 46.9 Å². The number of thiophene rings is 1. The van der Waals surface area contributed by atoms with Gasteiger partial charge in [-0.25, -0.2) is 0 Å². The molecule has 1 N–H and O–H groups in total. The fourth-order valence-corrected chi connectivity index (χ4v) is 2.81. The molecule has 0 fully saturated rings. The zero-order chi connectivity index (χ0) is 13.1. The number of carbonyl (C=O) groups is 1. The van der Waals surface area contributed by atoms with E-state index < -0.39 is 0 Å². The van der Waals surface area contributed by atoms with Crippen molar-refractivity contribution in [3.63, 3.8) is 0 Å². The molecule has 2 aromatic rings. The minimum Gasteiger partial charge on any atom is -0.348 e. The van der Waals surface area contributed by atoms with Crippen molar-refractivity contribution in [2.45, 2.75) is 33.4 Å². The van der Waals surface area contributed by atoms with Crippen LogP contribution in [0.15, 0.2) is 24.5 Å². The molecule has 0 aromatic carbocycles. The summed E-state index contributed by atoms with van der Waals surface area (Å²) in [5.74, 6) is -0.00324. The third-order valence-electron chi connectivity index (χ3n) is 2.68. The van der Waals surface area contributed by atoms with Gasteiger partial charge in [-0.05, 0) is 32.9 Å². The fourth-order valence-electron chi connectivity index (χ4n) is 1.89. The molecule has 2 rings (SSSR count). The van der Waals surface area contributed by atoms with Gasteiger partial charge < -0.3 is 5.32 Å². The summed E-state index contributed by atoms with van der Waals surface area (Å²) in [5, 5.41) is 7.12. The lowest BCUT2D eigenvalue weighted by Gasteiger charge is -2.13. The highest BCUT2D eigenvalue weighted by Gasteiger charge is 2.14. The van der Waals surface area contributed by atoms with Gasteiger partial charge in [0.2, 0.25) is 0 Å². The van der Waals surface area contributed by atoms with Crippen molar-refractivity contribution in [1.29, 1.82) is 0 Å². The Morgan fingerprint density at radius 3 is 2.89 bits per heavy atom. The molecule has 2 aromatic heterocycles. The highest BCUT2D eigenvalue weighted by Crippen LogP contribution is 2.20. The summed E-state index contributed by atoms with van der Waals surface area (Å²) >= 11 is 1.65. The van der Waals surface area contributed by atoms with Gasteiger partial charge >= 0.3 is 0 Å². The van der Waals surface area contributed by atoms with Crippen LogP contribution in [0.25, 0.3) is 0 Å². The maximum atomic E-state index is 12.1. The van der Waals surface area contributed by atoms with E-state index in [1.807, 2.05) is 43.8 Å². The van der Waals surface area contributed by atoms with Gasteiger partial charge in [0.05, 0.1) is 12.1 Å². The fraction of sp³-hybridized carbons (Fsp3) is 0.385. The first-order valence-electron chi connectivity index (χ1n) is 5.91. The van der Waals surface area contributed by atoms with Crippen molar-refractivity contribution in [3.8, 4) is 0 Å². The van der Waals surface area contributed by atoms with E-state index in [1.54, 1.807) is 17.5 Å². The maximum Gasteiger partial charge on any atom is 0.252 e. The highest BCUT2D eigenvalue weighted by molar-refractivity contribution is 7.12. The van der Waals surface area contributed by atoms with E-state index in [2.05, 4.69) is 10.4 Å². The van der Waals surface area contributed by atoms with Gasteiger partial charge in [0.15, 0.2) is 0 Å². The minimum absolute atomic E-state index is 0.00324. The summed E-state index contributed by atoms with van der Waals surface area (Å²) in [4.78, 5) is 14.3. The number of rotatable bonds is 4. The Balaban J connectivity index is 1.97. The molecule has 4 nitrogen and oxygen atoms in total. The second-order valence-corrected chi connectivity index (χ2v) is 5.89. The quantitative estimate of drug-likeness (QED) is 0.920. The van der Waals surface area contributed by atoms with E-state index in [0.717, 1.165) is 15.3 Å². The van der Waals surface area contributed by atoms with Gasteiger partial charge in [-0.1, -0.05) is 0 Å². The first kappa shape index (κ1) is 12.8. The first-order chi connectivity index (χ1) is 8.56. The number of aromatic nitrogens is 2. The van der Waals surface area contributed by atoms with Gasteiger partial charge in [0.1, 0.15) is 0 Å². The largest absolute Gasteiger partial charge is 0.348 e. The van der Waals surface area contributed by atoms with Crippen LogP contribution in [0.5, 0.6) is 0 Å². The Labute approximate surface area is 111 Å². The average molecular weight is 263 g/mol. The van der Waals surface area contributed by atoms with Crippen LogP contribution in [0.1, 0.15) is 27.0 Å². The molecule has 0 unspecified atom stereocenters. The number of nitrogens with zero attached hydrogens (tertiary/aromatic N) is 2. The second kappa shape index (κ2) is 5.35. The lowest BCUT2D eigenvalue weighted by Crippen LogP contribution is -2.35. The SMILES string of the molecule is Cc1cc(C(=O)N[C@@H](C)Cn2cccn2)c(C)s1. The van der Waals surface area contributed by atoms with Crippen LogP contribution in [0, 0.1) is 13.8 Å². The van der Waals surface area contributed by atoms with Crippen molar-refractivity contribution in [2.75, 3.05) is 0 Å². The lowest BCUT2D eigenvalue weighted by molar-refractivity contribution is 0.0936. The number of hydrogen-bond donors (Lipinski definition) is 1. The standard InChI is InChI=1S/C13H17N3OS/c1-9(8-16-6-4-5-14-16)15-13(17)12-7-10(2)18-11(12)3/h4-7,9H,8H2,1-3H3,(H,15,17)/t9-/m0/s1. The summed E-state index contributed by atoms with van der Waals surface area (Å²) in [6.45, 7) is 6.65. The maximum absolute atomic E-state index is 12.1. The van der Waals surface area contributed by atoms with Gasteiger partial charge in [0, 0.05) is 28.2 Å². The van der Waals surface area contributed by atoms with Crippen LogP contribution in [-0.4, -0.2) is 21.7 Å². The Hall–Kier alpha value is -1.62. The van der Waals surface area contributed by atoms with Crippen LogP contribution in [0.2, 0.25) is 0 Å². The van der Waals surface area contributed by atoms with Crippen LogP contribution in [-0.2, 0) is 6.54 Å².